The second-order valence-corrected chi connectivity index (χ2v) is 6.57. The van der Waals surface area contributed by atoms with E-state index in [0.29, 0.717) is 5.92 Å². The molecule has 0 saturated carbocycles. The fourth-order valence-electron chi connectivity index (χ4n) is 3.33. The van der Waals surface area contributed by atoms with Gasteiger partial charge in [-0.05, 0) is 30.6 Å². The molecule has 1 heteroatoms. The molecule has 0 aromatic carbocycles. The maximum absolute atomic E-state index is 11.0. The lowest BCUT2D eigenvalue weighted by molar-refractivity contribution is -0.108. The monoisotopic (exact) mass is 282 g/mol. The minimum atomic E-state index is 0.635. The Bertz CT molecular complexity index is 194. The molecule has 0 aliphatic rings. The van der Waals surface area contributed by atoms with Crippen LogP contribution in [0.1, 0.15) is 98.3 Å². The van der Waals surface area contributed by atoms with Crippen molar-refractivity contribution in [2.24, 2.45) is 17.8 Å². The lowest BCUT2D eigenvalue weighted by atomic mass is 9.80. The van der Waals surface area contributed by atoms with Gasteiger partial charge >= 0.3 is 0 Å². The Labute approximate surface area is 127 Å². The Morgan fingerprint density at radius 3 is 1.50 bits per heavy atom. The molecule has 0 aromatic rings. The molecule has 1 nitrogen and oxygen atoms in total. The Morgan fingerprint density at radius 2 is 1.20 bits per heavy atom. The number of unbranched alkanes of at least 4 members (excludes halogenated alkanes) is 2. The SMILES string of the molecule is CCCCC(CC)CC(CC=O)CC(CC)CCCC. The van der Waals surface area contributed by atoms with Crippen LogP contribution in [0.15, 0.2) is 0 Å². The van der Waals surface area contributed by atoms with Crippen LogP contribution >= 0.6 is 0 Å². The molecule has 0 rings (SSSR count). The minimum absolute atomic E-state index is 0.635. The fourth-order valence-corrected chi connectivity index (χ4v) is 3.33. The third kappa shape index (κ3) is 9.55. The molecule has 0 aliphatic heterocycles. The van der Waals surface area contributed by atoms with Gasteiger partial charge in [0.25, 0.3) is 0 Å². The van der Waals surface area contributed by atoms with Crippen LogP contribution in [0.3, 0.4) is 0 Å². The number of aldehydes is 1. The van der Waals surface area contributed by atoms with Gasteiger partial charge in [-0.2, -0.15) is 0 Å². The smallest absolute Gasteiger partial charge is 0.120 e. The van der Waals surface area contributed by atoms with Crippen LogP contribution in [-0.4, -0.2) is 6.29 Å². The van der Waals surface area contributed by atoms with Gasteiger partial charge in [0.2, 0.25) is 0 Å². The Hall–Kier alpha value is -0.330. The third-order valence-corrected chi connectivity index (χ3v) is 4.85. The average molecular weight is 283 g/mol. The third-order valence-electron chi connectivity index (χ3n) is 4.85. The first-order chi connectivity index (χ1) is 9.71. The molecule has 0 aliphatic carbocycles. The molecule has 20 heavy (non-hydrogen) atoms. The molecule has 2 unspecified atom stereocenters. The summed E-state index contributed by atoms with van der Waals surface area (Å²) in [5, 5.41) is 0. The van der Waals surface area contributed by atoms with Crippen LogP contribution in [0.4, 0.5) is 0 Å². The molecular weight excluding hydrogens is 244 g/mol. The van der Waals surface area contributed by atoms with E-state index in [1.165, 1.54) is 64.2 Å². The summed E-state index contributed by atoms with van der Waals surface area (Å²) in [6.45, 7) is 9.17. The van der Waals surface area contributed by atoms with Crippen molar-refractivity contribution in [3.8, 4) is 0 Å². The van der Waals surface area contributed by atoms with Gasteiger partial charge in [0.1, 0.15) is 6.29 Å². The predicted molar refractivity (Wildman–Crippen MR) is 90.0 cm³/mol. The van der Waals surface area contributed by atoms with Crippen LogP contribution in [0.25, 0.3) is 0 Å². The van der Waals surface area contributed by atoms with Gasteiger partial charge in [-0.15, -0.1) is 0 Å². The molecule has 0 radical (unpaired) electrons. The zero-order valence-corrected chi connectivity index (χ0v) is 14.5. The first-order valence-corrected chi connectivity index (χ1v) is 9.15. The second-order valence-electron chi connectivity index (χ2n) is 6.57. The molecule has 0 N–H and O–H groups in total. The van der Waals surface area contributed by atoms with E-state index in [0.717, 1.165) is 24.5 Å². The quantitative estimate of drug-likeness (QED) is 0.337. The largest absolute Gasteiger partial charge is 0.303 e. The summed E-state index contributed by atoms with van der Waals surface area (Å²) >= 11 is 0. The highest BCUT2D eigenvalue weighted by Crippen LogP contribution is 2.30. The first kappa shape index (κ1) is 19.7. The second kappa shape index (κ2) is 13.6. The minimum Gasteiger partial charge on any atom is -0.303 e. The zero-order valence-electron chi connectivity index (χ0n) is 14.5. The van der Waals surface area contributed by atoms with Gasteiger partial charge in [-0.25, -0.2) is 0 Å². The maximum Gasteiger partial charge on any atom is 0.120 e. The predicted octanol–water partition coefficient (Wildman–Crippen LogP) is 6.40. The van der Waals surface area contributed by atoms with Crippen molar-refractivity contribution in [2.75, 3.05) is 0 Å². The highest BCUT2D eigenvalue weighted by Gasteiger charge is 2.18. The van der Waals surface area contributed by atoms with E-state index < -0.39 is 0 Å². The van der Waals surface area contributed by atoms with E-state index in [1.807, 2.05) is 0 Å². The fraction of sp³-hybridized carbons (Fsp3) is 0.947. The van der Waals surface area contributed by atoms with Crippen LogP contribution in [0.5, 0.6) is 0 Å². The normalized spacial score (nSPS) is 15.8. The molecular formula is C19H38O. The highest BCUT2D eigenvalue weighted by molar-refractivity contribution is 5.49. The van der Waals surface area contributed by atoms with Crippen molar-refractivity contribution in [3.63, 3.8) is 0 Å². The van der Waals surface area contributed by atoms with Gasteiger partial charge in [-0.3, -0.25) is 0 Å². The van der Waals surface area contributed by atoms with E-state index in [9.17, 15) is 4.79 Å². The molecule has 0 aromatic heterocycles. The van der Waals surface area contributed by atoms with Crippen molar-refractivity contribution in [2.45, 2.75) is 98.3 Å². The number of hydrogen-bond acceptors (Lipinski definition) is 1. The maximum atomic E-state index is 11.0. The van der Waals surface area contributed by atoms with Crippen molar-refractivity contribution < 1.29 is 4.79 Å². The van der Waals surface area contributed by atoms with E-state index in [1.54, 1.807) is 0 Å². The van der Waals surface area contributed by atoms with E-state index in [-0.39, 0.29) is 0 Å². The molecule has 0 heterocycles. The average Bonchev–Trinajstić information content (AvgIpc) is 2.47. The van der Waals surface area contributed by atoms with Crippen molar-refractivity contribution in [3.05, 3.63) is 0 Å². The van der Waals surface area contributed by atoms with Crippen LogP contribution in [-0.2, 0) is 4.79 Å². The van der Waals surface area contributed by atoms with Crippen molar-refractivity contribution in [1.82, 2.24) is 0 Å². The molecule has 0 amide bonds. The molecule has 0 fully saturated rings. The summed E-state index contributed by atoms with van der Waals surface area (Å²) < 4.78 is 0. The topological polar surface area (TPSA) is 17.1 Å². The molecule has 0 saturated heterocycles. The molecule has 2 atom stereocenters. The van der Waals surface area contributed by atoms with E-state index in [4.69, 9.17) is 0 Å². The summed E-state index contributed by atoms with van der Waals surface area (Å²) in [5.74, 6) is 2.31. The van der Waals surface area contributed by atoms with Gasteiger partial charge in [-0.1, -0.05) is 79.1 Å². The highest BCUT2D eigenvalue weighted by atomic mass is 16.1. The van der Waals surface area contributed by atoms with E-state index in [2.05, 4.69) is 27.7 Å². The first-order valence-electron chi connectivity index (χ1n) is 9.15. The standard InChI is InChI=1S/C19H38O/c1-5-9-11-17(7-3)15-19(13-14-20)16-18(8-4)12-10-6-2/h14,17-19H,5-13,15-16H2,1-4H3. The Balaban J connectivity index is 4.32. The summed E-state index contributed by atoms with van der Waals surface area (Å²) in [5.41, 5.74) is 0. The van der Waals surface area contributed by atoms with Crippen molar-refractivity contribution >= 4 is 6.29 Å². The molecule has 120 valence electrons. The van der Waals surface area contributed by atoms with Crippen LogP contribution in [0, 0.1) is 17.8 Å². The summed E-state index contributed by atoms with van der Waals surface area (Å²) in [6, 6.07) is 0. The van der Waals surface area contributed by atoms with Gasteiger partial charge in [0, 0.05) is 6.42 Å². The number of hydrogen-bond donors (Lipinski definition) is 0. The molecule has 0 spiro atoms. The zero-order chi connectivity index (χ0) is 15.2. The molecule has 0 bridgehead atoms. The number of carbonyl (C=O) groups excluding carboxylic acids is 1. The summed E-state index contributed by atoms with van der Waals surface area (Å²) in [4.78, 5) is 11.0. The lowest BCUT2D eigenvalue weighted by Gasteiger charge is -2.25. The lowest BCUT2D eigenvalue weighted by Crippen LogP contribution is -2.14. The van der Waals surface area contributed by atoms with Gasteiger partial charge < -0.3 is 4.79 Å². The van der Waals surface area contributed by atoms with E-state index >= 15 is 0 Å². The summed E-state index contributed by atoms with van der Waals surface area (Å²) in [7, 11) is 0. The summed E-state index contributed by atoms with van der Waals surface area (Å²) in [6.07, 6.45) is 15.0. The van der Waals surface area contributed by atoms with Gasteiger partial charge in [0.15, 0.2) is 0 Å². The Morgan fingerprint density at radius 1 is 0.750 bits per heavy atom. The number of carbonyl (C=O) groups is 1. The Kier molecular flexibility index (Phi) is 13.4. The van der Waals surface area contributed by atoms with Crippen LogP contribution < -0.4 is 0 Å². The van der Waals surface area contributed by atoms with Crippen molar-refractivity contribution in [1.29, 1.82) is 0 Å². The van der Waals surface area contributed by atoms with Crippen LogP contribution in [0.2, 0.25) is 0 Å². The van der Waals surface area contributed by atoms with Gasteiger partial charge in [0.05, 0.1) is 0 Å². The number of rotatable bonds is 14.